The lowest BCUT2D eigenvalue weighted by atomic mass is 9.81. The van der Waals surface area contributed by atoms with Gasteiger partial charge in [-0.3, -0.25) is 19.4 Å². The van der Waals surface area contributed by atoms with E-state index in [0.717, 1.165) is 29.7 Å². The van der Waals surface area contributed by atoms with Crippen LogP contribution in [0.1, 0.15) is 11.1 Å². The Labute approximate surface area is 381 Å². The number of phenolic OH excluding ortho intramolecular Hbond substituents is 3. The van der Waals surface area contributed by atoms with Crippen LogP contribution in [0.15, 0.2) is 185 Å². The largest absolute Gasteiger partial charge is 0.508 e. The molecule has 23 heteroatoms. The van der Waals surface area contributed by atoms with Crippen LogP contribution in [-0.2, 0) is 36.0 Å². The van der Waals surface area contributed by atoms with E-state index < -0.39 is 79.2 Å². The Morgan fingerprint density at radius 1 is 0.597 bits per heavy atom. The van der Waals surface area contributed by atoms with E-state index in [4.69, 9.17) is 5.73 Å². The molecule has 0 amide bonds. The van der Waals surface area contributed by atoms with Crippen molar-refractivity contribution >= 4 is 81.3 Å². The fourth-order valence-electron chi connectivity index (χ4n) is 7.26. The molecule has 0 spiro atoms. The van der Waals surface area contributed by atoms with Crippen LogP contribution in [0, 0.1) is 0 Å². The van der Waals surface area contributed by atoms with E-state index in [-0.39, 0.29) is 39.8 Å². The van der Waals surface area contributed by atoms with Crippen LogP contribution in [-0.4, -0.2) is 60.3 Å². The molecule has 0 saturated carbocycles. The lowest BCUT2D eigenvalue weighted by Crippen LogP contribution is -2.49. The number of nitrogens with one attached hydrogen (secondary N) is 1. The minimum absolute atomic E-state index is 0.0751. The minimum atomic E-state index is -5.38. The maximum absolute atomic E-state index is 13.2. The van der Waals surface area contributed by atoms with Gasteiger partial charge in [0.15, 0.2) is 11.7 Å². The molecular formula is C44H34N8O12S3. The second-order valence-electron chi connectivity index (χ2n) is 14.8. The van der Waals surface area contributed by atoms with Gasteiger partial charge in [-0.2, -0.15) is 50.8 Å². The third-order valence-corrected chi connectivity index (χ3v) is 13.0. The quantitative estimate of drug-likeness (QED) is 0.0417. The summed E-state index contributed by atoms with van der Waals surface area (Å²) in [6.45, 7) is 0. The summed E-state index contributed by atoms with van der Waals surface area (Å²) in [5.41, 5.74) is 3.57. The highest BCUT2D eigenvalue weighted by Gasteiger charge is 2.51. The molecule has 340 valence electrons. The molecule has 1 aliphatic rings. The maximum atomic E-state index is 13.2. The summed E-state index contributed by atoms with van der Waals surface area (Å²) in [4.78, 5) is -2.59. The number of aromatic hydroxyl groups is 3. The Hall–Kier alpha value is -7.77. The van der Waals surface area contributed by atoms with E-state index in [2.05, 4.69) is 36.0 Å². The molecule has 9 N–H and O–H groups in total. The number of rotatable bonds is 12. The fourth-order valence-corrected chi connectivity index (χ4v) is 9.46. The fraction of sp³-hybridized carbons (Fsp3) is 0.0455. The number of hydrogen-bond acceptors (Lipinski definition) is 17. The average Bonchev–Trinajstić information content (AvgIpc) is 3.27. The monoisotopic (exact) mass is 962 g/mol. The number of benzene rings is 7. The van der Waals surface area contributed by atoms with Gasteiger partial charge in [0, 0.05) is 28.3 Å². The van der Waals surface area contributed by atoms with Gasteiger partial charge in [-0.05, 0) is 89.3 Å². The van der Waals surface area contributed by atoms with Crippen molar-refractivity contribution in [2.75, 3.05) is 5.32 Å². The zero-order chi connectivity index (χ0) is 47.9. The van der Waals surface area contributed by atoms with Crippen LogP contribution in [0.2, 0.25) is 0 Å². The van der Waals surface area contributed by atoms with Gasteiger partial charge in [0.1, 0.15) is 37.6 Å². The number of azo groups is 3. The normalized spacial score (nSPS) is 16.7. The van der Waals surface area contributed by atoms with Crippen molar-refractivity contribution in [3.63, 3.8) is 0 Å². The minimum Gasteiger partial charge on any atom is -0.508 e. The summed E-state index contributed by atoms with van der Waals surface area (Å²) in [7, 11) is -15.6. The number of fused-ring (bicyclic) bond motifs is 2. The predicted octanol–water partition coefficient (Wildman–Crippen LogP) is 9.57. The molecule has 0 bridgehead atoms. The molecule has 1 aliphatic carbocycles. The SMILES string of the molecule is NC1(N=Nc2cccc3ccccc23)c2c(cc(S(=O)(=O)O)c(-c3ccccc3)c2O)C=C(S(=O)(=O)O)C1N=Nc1ccc(Nc2ccc(N=Nc3ccc(O)cc3O)cc2)c(S(=O)(=O)O)c1. The van der Waals surface area contributed by atoms with Crippen molar-refractivity contribution in [3.05, 3.63) is 156 Å². The Balaban J connectivity index is 1.24. The Kier molecular flexibility index (Phi) is 12.0. The molecule has 0 heterocycles. The Bertz CT molecular complexity index is 3590. The van der Waals surface area contributed by atoms with Crippen LogP contribution in [0.4, 0.5) is 34.1 Å². The molecule has 0 aliphatic heterocycles. The molecule has 7 aromatic carbocycles. The molecule has 20 nitrogen and oxygen atoms in total. The van der Waals surface area contributed by atoms with Gasteiger partial charge in [0.25, 0.3) is 30.4 Å². The number of hydrogen-bond donors (Lipinski definition) is 8. The smallest absolute Gasteiger partial charge is 0.296 e. The van der Waals surface area contributed by atoms with Crippen molar-refractivity contribution in [1.29, 1.82) is 0 Å². The lowest BCUT2D eigenvalue weighted by molar-refractivity contribution is 0.354. The van der Waals surface area contributed by atoms with Crippen molar-refractivity contribution in [2.24, 2.45) is 36.4 Å². The Morgan fingerprint density at radius 2 is 1.27 bits per heavy atom. The van der Waals surface area contributed by atoms with Gasteiger partial charge in [-0.15, -0.1) is 5.11 Å². The van der Waals surface area contributed by atoms with Gasteiger partial charge >= 0.3 is 0 Å². The summed E-state index contributed by atoms with van der Waals surface area (Å²) in [5.74, 6) is -1.36. The molecule has 7 aromatic rings. The summed E-state index contributed by atoms with van der Waals surface area (Å²) in [6.07, 6.45) is 0.761. The topological polar surface area (TPSA) is 336 Å². The van der Waals surface area contributed by atoms with Crippen LogP contribution in [0.5, 0.6) is 17.2 Å². The first kappa shape index (κ1) is 45.8. The van der Waals surface area contributed by atoms with E-state index in [1.165, 1.54) is 72.8 Å². The summed E-state index contributed by atoms with van der Waals surface area (Å²) >= 11 is 0. The van der Waals surface area contributed by atoms with Crippen molar-refractivity contribution < 1.29 is 54.2 Å². The van der Waals surface area contributed by atoms with Gasteiger partial charge in [0.05, 0.1) is 22.7 Å². The van der Waals surface area contributed by atoms with Crippen molar-refractivity contribution in [3.8, 4) is 28.4 Å². The highest BCUT2D eigenvalue weighted by molar-refractivity contribution is 7.90. The predicted molar refractivity (Wildman–Crippen MR) is 245 cm³/mol. The van der Waals surface area contributed by atoms with E-state index in [1.807, 2.05) is 0 Å². The third-order valence-electron chi connectivity index (χ3n) is 10.3. The van der Waals surface area contributed by atoms with Gasteiger partial charge in [-0.25, -0.2) is 0 Å². The van der Waals surface area contributed by atoms with Crippen molar-refractivity contribution in [1.82, 2.24) is 0 Å². The standard InChI is InChI=1S/C44H34N8O12S3/c45-44(52-50-33-12-6-10-25-7-4-5-11-32(25)33)41-27(21-38(66(59,60)61)40(42(41)55)26-8-2-1-3-9-26)22-39(67(62,63)64)43(44)51-48-30-17-19-35(37(23-30)65(56,57)58)46-28-13-15-29(16-14-28)47-49-34-20-18-31(53)24-36(34)54/h1-24,43,46,53-55H,45H2,(H,56,57,58)(H,59,60,61)(H,62,63,64). The van der Waals surface area contributed by atoms with E-state index in [1.54, 1.807) is 48.5 Å². The molecule has 0 radical (unpaired) electrons. The average molecular weight is 963 g/mol. The molecule has 2 unspecified atom stereocenters. The van der Waals surface area contributed by atoms with E-state index >= 15 is 0 Å². The third kappa shape index (κ3) is 9.50. The van der Waals surface area contributed by atoms with Gasteiger partial charge in [0.2, 0.25) is 0 Å². The first-order chi connectivity index (χ1) is 31.7. The number of phenols is 3. The zero-order valence-electron chi connectivity index (χ0n) is 34.1. The first-order valence-electron chi connectivity index (χ1n) is 19.4. The van der Waals surface area contributed by atoms with Crippen LogP contribution < -0.4 is 11.1 Å². The summed E-state index contributed by atoms with van der Waals surface area (Å²) < 4.78 is 109. The molecule has 8 rings (SSSR count). The molecule has 0 aromatic heterocycles. The zero-order valence-corrected chi connectivity index (χ0v) is 36.5. The molecule has 2 atom stereocenters. The highest BCUT2D eigenvalue weighted by atomic mass is 32.2. The highest BCUT2D eigenvalue weighted by Crippen LogP contribution is 2.51. The van der Waals surface area contributed by atoms with Crippen LogP contribution in [0.25, 0.3) is 28.0 Å². The summed E-state index contributed by atoms with van der Waals surface area (Å²) in [6, 6.07) is 31.3. The second kappa shape index (κ2) is 17.6. The van der Waals surface area contributed by atoms with E-state index in [9.17, 15) is 54.2 Å². The van der Waals surface area contributed by atoms with Crippen LogP contribution in [0.3, 0.4) is 0 Å². The lowest BCUT2D eigenvalue weighted by Gasteiger charge is -2.36. The maximum Gasteiger partial charge on any atom is 0.296 e. The van der Waals surface area contributed by atoms with Gasteiger partial charge in [-0.1, -0.05) is 66.7 Å². The molecule has 0 saturated heterocycles. The van der Waals surface area contributed by atoms with E-state index in [0.29, 0.717) is 16.8 Å². The van der Waals surface area contributed by atoms with Gasteiger partial charge < -0.3 is 20.6 Å². The second-order valence-corrected chi connectivity index (χ2v) is 19.0. The van der Waals surface area contributed by atoms with Crippen LogP contribution >= 0.6 is 0 Å². The number of nitrogens with zero attached hydrogens (tertiary/aromatic N) is 6. The molecular weight excluding hydrogens is 929 g/mol. The number of nitrogens with two attached hydrogens (primary N) is 1. The Morgan fingerprint density at radius 3 is 1.96 bits per heavy atom. The molecule has 67 heavy (non-hydrogen) atoms. The van der Waals surface area contributed by atoms with Crippen molar-refractivity contribution in [2.45, 2.75) is 21.5 Å². The summed E-state index contributed by atoms with van der Waals surface area (Å²) in [5, 5.41) is 60.7. The number of anilines is 2. The first-order valence-corrected chi connectivity index (χ1v) is 23.7. The molecule has 0 fully saturated rings.